The van der Waals surface area contributed by atoms with Crippen LogP contribution < -0.4 is 4.90 Å². The summed E-state index contributed by atoms with van der Waals surface area (Å²) in [4.78, 5) is 6.77. The zero-order chi connectivity index (χ0) is 12.5. The van der Waals surface area contributed by atoms with E-state index in [0.29, 0.717) is 5.41 Å². The summed E-state index contributed by atoms with van der Waals surface area (Å²) in [6.45, 7) is 8.57. The van der Waals surface area contributed by atoms with Crippen molar-refractivity contribution >= 4 is 5.82 Å². The van der Waals surface area contributed by atoms with Crippen molar-refractivity contribution < 1.29 is 5.11 Å². The molecule has 1 fully saturated rings. The van der Waals surface area contributed by atoms with Gasteiger partial charge in [0.25, 0.3) is 0 Å². The molecule has 1 aromatic heterocycles. The Bertz CT molecular complexity index is 360. The lowest BCUT2D eigenvalue weighted by molar-refractivity contribution is 0.199. The maximum atomic E-state index is 9.44. The predicted octanol–water partition coefficient (Wildman–Crippen LogP) is 2.76. The third kappa shape index (κ3) is 2.97. The van der Waals surface area contributed by atoms with Crippen molar-refractivity contribution in [1.82, 2.24) is 4.98 Å². The van der Waals surface area contributed by atoms with Gasteiger partial charge in [-0.1, -0.05) is 19.9 Å². The number of anilines is 1. The summed E-state index contributed by atoms with van der Waals surface area (Å²) in [7, 11) is 0. The normalized spacial score (nSPS) is 21.3. The van der Waals surface area contributed by atoms with Crippen LogP contribution in [0, 0.1) is 5.41 Å². The van der Waals surface area contributed by atoms with Gasteiger partial charge in [0.15, 0.2) is 0 Å². The van der Waals surface area contributed by atoms with Crippen molar-refractivity contribution in [3.05, 3.63) is 23.9 Å². The van der Waals surface area contributed by atoms with Crippen molar-refractivity contribution in [3.8, 4) is 0 Å². The Labute approximate surface area is 103 Å². The van der Waals surface area contributed by atoms with Crippen molar-refractivity contribution in [2.75, 3.05) is 18.0 Å². The molecule has 1 aliphatic heterocycles. The molecule has 0 aliphatic carbocycles. The predicted molar refractivity (Wildman–Crippen MR) is 70.1 cm³/mol. The number of aromatic nitrogens is 1. The summed E-state index contributed by atoms with van der Waals surface area (Å²) < 4.78 is 0. The van der Waals surface area contributed by atoms with E-state index >= 15 is 0 Å². The number of hydrogen-bond acceptors (Lipinski definition) is 3. The zero-order valence-corrected chi connectivity index (χ0v) is 11.0. The molecular formula is C14H22N2O. The smallest absolute Gasteiger partial charge is 0.128 e. The van der Waals surface area contributed by atoms with Crippen LogP contribution in [0.15, 0.2) is 18.3 Å². The lowest BCUT2D eigenvalue weighted by Gasteiger charge is -2.37. The number of rotatable bonds is 2. The summed E-state index contributed by atoms with van der Waals surface area (Å²) in [5.74, 6) is 1.03. The second kappa shape index (κ2) is 4.65. The molecule has 2 heterocycles. The van der Waals surface area contributed by atoms with Crippen LogP contribution in [0.2, 0.25) is 0 Å². The molecule has 2 rings (SSSR count). The van der Waals surface area contributed by atoms with Gasteiger partial charge in [0.1, 0.15) is 5.82 Å². The molecule has 1 aromatic rings. The van der Waals surface area contributed by atoms with Gasteiger partial charge in [0.05, 0.1) is 6.10 Å². The van der Waals surface area contributed by atoms with Gasteiger partial charge in [0.2, 0.25) is 0 Å². The number of pyridine rings is 1. The van der Waals surface area contributed by atoms with Crippen LogP contribution in [0.3, 0.4) is 0 Å². The van der Waals surface area contributed by atoms with Crippen LogP contribution in [0.1, 0.15) is 45.3 Å². The fraction of sp³-hybridized carbons (Fsp3) is 0.643. The third-order valence-corrected chi connectivity index (χ3v) is 3.69. The molecule has 1 aliphatic rings. The molecule has 0 amide bonds. The number of aliphatic hydroxyl groups is 1. The monoisotopic (exact) mass is 234 g/mol. The topological polar surface area (TPSA) is 36.4 Å². The van der Waals surface area contributed by atoms with Crippen molar-refractivity contribution in [1.29, 1.82) is 0 Å². The highest BCUT2D eigenvalue weighted by atomic mass is 16.3. The zero-order valence-electron chi connectivity index (χ0n) is 11.0. The van der Waals surface area contributed by atoms with Gasteiger partial charge in [-0.15, -0.1) is 0 Å². The van der Waals surface area contributed by atoms with Crippen LogP contribution in [-0.2, 0) is 0 Å². The average molecular weight is 234 g/mol. The maximum Gasteiger partial charge on any atom is 0.128 e. The van der Waals surface area contributed by atoms with Crippen LogP contribution in [0.4, 0.5) is 5.82 Å². The van der Waals surface area contributed by atoms with Crippen LogP contribution in [0.25, 0.3) is 0 Å². The minimum Gasteiger partial charge on any atom is -0.389 e. The first kappa shape index (κ1) is 12.4. The molecule has 3 nitrogen and oxygen atoms in total. The van der Waals surface area contributed by atoms with Crippen molar-refractivity contribution in [2.24, 2.45) is 5.41 Å². The molecule has 1 saturated heterocycles. The Morgan fingerprint density at radius 3 is 2.41 bits per heavy atom. The first-order valence-electron chi connectivity index (χ1n) is 6.37. The molecule has 1 atom stereocenters. The minimum atomic E-state index is -0.433. The molecule has 0 radical (unpaired) electrons. The largest absolute Gasteiger partial charge is 0.389 e. The molecular weight excluding hydrogens is 212 g/mol. The Balaban J connectivity index is 2.04. The summed E-state index contributed by atoms with van der Waals surface area (Å²) in [6.07, 6.45) is 3.77. The number of aliphatic hydroxyl groups excluding tert-OH is 1. The highest BCUT2D eigenvalue weighted by Crippen LogP contribution is 2.31. The van der Waals surface area contributed by atoms with E-state index < -0.39 is 6.10 Å². The third-order valence-electron chi connectivity index (χ3n) is 3.69. The van der Waals surface area contributed by atoms with Crippen molar-refractivity contribution in [2.45, 2.75) is 39.7 Å². The van der Waals surface area contributed by atoms with E-state index in [0.717, 1.165) is 24.5 Å². The summed E-state index contributed by atoms with van der Waals surface area (Å²) in [6, 6.07) is 3.98. The SMILES string of the molecule is C[C@H](O)c1ccc(N2CCC(C)(C)CC2)nc1. The molecule has 0 bridgehead atoms. The van der Waals surface area contributed by atoms with E-state index in [1.54, 1.807) is 13.1 Å². The lowest BCUT2D eigenvalue weighted by atomic mass is 9.83. The van der Waals surface area contributed by atoms with Gasteiger partial charge in [0, 0.05) is 19.3 Å². The molecule has 94 valence electrons. The van der Waals surface area contributed by atoms with Crippen molar-refractivity contribution in [3.63, 3.8) is 0 Å². The lowest BCUT2D eigenvalue weighted by Crippen LogP contribution is -2.37. The quantitative estimate of drug-likeness (QED) is 0.854. The molecule has 3 heteroatoms. The molecule has 1 N–H and O–H groups in total. The number of nitrogens with zero attached hydrogens (tertiary/aromatic N) is 2. The number of hydrogen-bond donors (Lipinski definition) is 1. The van der Waals surface area contributed by atoms with Gasteiger partial charge in [-0.05, 0) is 36.8 Å². The van der Waals surface area contributed by atoms with E-state index in [2.05, 4.69) is 23.7 Å². The first-order valence-corrected chi connectivity index (χ1v) is 6.37. The second-order valence-electron chi connectivity index (χ2n) is 5.78. The van der Waals surface area contributed by atoms with Gasteiger partial charge in [-0.3, -0.25) is 0 Å². The van der Waals surface area contributed by atoms with E-state index in [1.165, 1.54) is 12.8 Å². The fourth-order valence-electron chi connectivity index (χ4n) is 2.17. The van der Waals surface area contributed by atoms with Gasteiger partial charge in [-0.25, -0.2) is 4.98 Å². The maximum absolute atomic E-state index is 9.44. The van der Waals surface area contributed by atoms with E-state index in [1.807, 2.05) is 12.1 Å². The fourth-order valence-corrected chi connectivity index (χ4v) is 2.17. The Morgan fingerprint density at radius 2 is 1.94 bits per heavy atom. The highest BCUT2D eigenvalue weighted by Gasteiger charge is 2.25. The molecule has 0 spiro atoms. The van der Waals surface area contributed by atoms with Crippen LogP contribution >= 0.6 is 0 Å². The average Bonchev–Trinajstić information content (AvgIpc) is 2.29. The van der Waals surface area contributed by atoms with Gasteiger partial charge >= 0.3 is 0 Å². The van der Waals surface area contributed by atoms with E-state index in [-0.39, 0.29) is 0 Å². The summed E-state index contributed by atoms with van der Waals surface area (Å²) in [5, 5.41) is 9.44. The van der Waals surface area contributed by atoms with Gasteiger partial charge < -0.3 is 10.0 Å². The van der Waals surface area contributed by atoms with E-state index in [4.69, 9.17) is 0 Å². The molecule has 0 saturated carbocycles. The summed E-state index contributed by atoms with van der Waals surface area (Å²) in [5.41, 5.74) is 1.35. The number of piperidine rings is 1. The first-order chi connectivity index (χ1) is 7.98. The Kier molecular flexibility index (Phi) is 3.38. The highest BCUT2D eigenvalue weighted by molar-refractivity contribution is 5.40. The van der Waals surface area contributed by atoms with Gasteiger partial charge in [-0.2, -0.15) is 0 Å². The summed E-state index contributed by atoms with van der Waals surface area (Å²) >= 11 is 0. The molecule has 17 heavy (non-hydrogen) atoms. The minimum absolute atomic E-state index is 0.433. The Hall–Kier alpha value is -1.09. The standard InChI is InChI=1S/C14H22N2O/c1-11(17)12-4-5-13(15-10-12)16-8-6-14(2,3)7-9-16/h4-5,10-11,17H,6-9H2,1-3H3/t11-/m0/s1. The van der Waals surface area contributed by atoms with Crippen LogP contribution in [-0.4, -0.2) is 23.2 Å². The second-order valence-corrected chi connectivity index (χ2v) is 5.78. The van der Waals surface area contributed by atoms with E-state index in [9.17, 15) is 5.11 Å². The van der Waals surface area contributed by atoms with Crippen LogP contribution in [0.5, 0.6) is 0 Å². The Morgan fingerprint density at radius 1 is 1.29 bits per heavy atom. The molecule has 0 aromatic carbocycles. The molecule has 0 unspecified atom stereocenters.